The SMILES string of the molecule is Cl.NC(=S)[NH2+][O-]. The predicted octanol–water partition coefficient (Wildman–Crippen LogP) is -1.29. The first-order valence-electron chi connectivity index (χ1n) is 1.02. The predicted molar refractivity (Wildman–Crippen MR) is 29.3 cm³/mol. The lowest BCUT2D eigenvalue weighted by atomic mass is 11.2. The van der Waals surface area contributed by atoms with Gasteiger partial charge in [-0.05, 0) is 0 Å². The number of thiocarbonyl (C=S) groups is 1. The molecule has 0 aromatic heterocycles. The van der Waals surface area contributed by atoms with Crippen LogP contribution in [0.2, 0.25) is 0 Å². The first-order chi connectivity index (χ1) is 2.27. The van der Waals surface area contributed by atoms with E-state index in [0.29, 0.717) is 5.48 Å². The van der Waals surface area contributed by atoms with E-state index in [0.717, 1.165) is 0 Å². The minimum absolute atomic E-state index is 0. The highest BCUT2D eigenvalue weighted by atomic mass is 35.5. The summed E-state index contributed by atoms with van der Waals surface area (Å²) in [4.78, 5) is 0. The van der Waals surface area contributed by atoms with Crippen molar-refractivity contribution in [2.75, 3.05) is 0 Å². The Morgan fingerprint density at radius 3 is 2.00 bits per heavy atom. The fourth-order valence-electron chi connectivity index (χ4n) is 0. The lowest BCUT2D eigenvalue weighted by Gasteiger charge is -1.90. The van der Waals surface area contributed by atoms with Gasteiger partial charge in [-0.3, -0.25) is 0 Å². The van der Waals surface area contributed by atoms with Crippen LogP contribution in [0.3, 0.4) is 0 Å². The van der Waals surface area contributed by atoms with Crippen molar-refractivity contribution in [3.63, 3.8) is 0 Å². The molecule has 0 aromatic rings. The van der Waals surface area contributed by atoms with E-state index in [1.165, 1.54) is 0 Å². The molecule has 5 heteroatoms. The molecule has 0 bridgehead atoms. The van der Waals surface area contributed by atoms with Gasteiger partial charge in [0.05, 0.1) is 0 Å². The summed E-state index contributed by atoms with van der Waals surface area (Å²) in [6.45, 7) is 0. The maximum absolute atomic E-state index is 9.24. The first-order valence-corrected chi connectivity index (χ1v) is 1.43. The van der Waals surface area contributed by atoms with Crippen molar-refractivity contribution in [3.8, 4) is 0 Å². The molecular weight excluding hydrogens is 124 g/mol. The number of nitrogens with two attached hydrogens (primary N) is 2. The normalized spacial score (nSPS) is 6.17. The van der Waals surface area contributed by atoms with Gasteiger partial charge in [0.25, 0.3) is 5.11 Å². The monoisotopic (exact) mass is 128 g/mol. The Labute approximate surface area is 46.9 Å². The van der Waals surface area contributed by atoms with Gasteiger partial charge in [-0.2, -0.15) is 0 Å². The number of hydrogen-bond acceptors (Lipinski definition) is 2. The molecule has 0 aliphatic carbocycles. The van der Waals surface area contributed by atoms with Crippen LogP contribution in [-0.4, -0.2) is 5.11 Å². The van der Waals surface area contributed by atoms with Gasteiger partial charge in [-0.25, -0.2) is 0 Å². The van der Waals surface area contributed by atoms with E-state index in [1.54, 1.807) is 0 Å². The molecule has 0 atom stereocenters. The highest BCUT2D eigenvalue weighted by molar-refractivity contribution is 7.79. The number of rotatable bonds is 0. The molecule has 0 saturated carbocycles. The van der Waals surface area contributed by atoms with Gasteiger partial charge in [-0.15, -0.1) is 12.4 Å². The van der Waals surface area contributed by atoms with Crippen molar-refractivity contribution in [1.82, 2.24) is 0 Å². The van der Waals surface area contributed by atoms with E-state index in [4.69, 9.17) is 0 Å². The topological polar surface area (TPSA) is 65.7 Å². The van der Waals surface area contributed by atoms with Crippen LogP contribution >= 0.6 is 24.6 Å². The molecule has 0 aliphatic heterocycles. The van der Waals surface area contributed by atoms with Crippen molar-refractivity contribution in [1.29, 1.82) is 0 Å². The molecule has 0 radical (unpaired) electrons. The number of hydrogen-bond donors (Lipinski definition) is 2. The standard InChI is InChI=1S/CH4N2OS.ClH/c2-1(5)3-4;/h3H2,(H2,2,5);1H. The Kier molecular flexibility index (Phi) is 8.02. The fourth-order valence-corrected chi connectivity index (χ4v) is 0. The van der Waals surface area contributed by atoms with Gasteiger partial charge in [0.2, 0.25) is 0 Å². The summed E-state index contributed by atoms with van der Waals surface area (Å²) in [7, 11) is 0. The molecule has 4 N–H and O–H groups in total. The molecule has 0 aromatic carbocycles. The van der Waals surface area contributed by atoms with Gasteiger partial charge in [0.15, 0.2) is 0 Å². The molecule has 0 unspecified atom stereocenters. The van der Waals surface area contributed by atoms with Gasteiger partial charge in [-0.1, -0.05) is 0 Å². The fraction of sp³-hybridized carbons (Fsp3) is 0. The molecule has 0 aliphatic rings. The van der Waals surface area contributed by atoms with Crippen LogP contribution in [0.5, 0.6) is 0 Å². The molecular formula is CH5ClN2OS. The number of quaternary nitrogens is 1. The van der Waals surface area contributed by atoms with Crippen LogP contribution < -0.4 is 11.2 Å². The van der Waals surface area contributed by atoms with Gasteiger partial charge in [0.1, 0.15) is 0 Å². The van der Waals surface area contributed by atoms with Crippen molar-refractivity contribution in [2.45, 2.75) is 0 Å². The highest BCUT2D eigenvalue weighted by Crippen LogP contribution is 1.31. The van der Waals surface area contributed by atoms with E-state index in [-0.39, 0.29) is 17.5 Å². The van der Waals surface area contributed by atoms with Gasteiger partial charge >= 0.3 is 0 Å². The number of halogens is 1. The van der Waals surface area contributed by atoms with Crippen LogP contribution in [0.1, 0.15) is 0 Å². The lowest BCUT2D eigenvalue weighted by molar-refractivity contribution is -0.460. The molecule has 0 saturated heterocycles. The average Bonchev–Trinajstić information content (AvgIpc) is 1.38. The molecule has 0 rings (SSSR count). The van der Waals surface area contributed by atoms with Crippen molar-refractivity contribution in [3.05, 3.63) is 5.21 Å². The second-order valence-electron chi connectivity index (χ2n) is 0.520. The molecule has 0 fully saturated rings. The van der Waals surface area contributed by atoms with E-state index < -0.39 is 0 Å². The summed E-state index contributed by atoms with van der Waals surface area (Å²) >= 11 is 4.11. The zero-order chi connectivity index (χ0) is 4.28. The molecule has 0 heterocycles. The maximum atomic E-state index is 9.24. The smallest absolute Gasteiger partial charge is 0.263 e. The van der Waals surface area contributed by atoms with E-state index in [1.807, 2.05) is 0 Å². The second-order valence-corrected chi connectivity index (χ2v) is 0.992. The molecule has 38 valence electrons. The largest absolute Gasteiger partial charge is 0.629 e. The Morgan fingerprint density at radius 2 is 2.00 bits per heavy atom. The quantitative estimate of drug-likeness (QED) is 0.315. The zero-order valence-electron chi connectivity index (χ0n) is 2.88. The molecule has 6 heavy (non-hydrogen) atoms. The third kappa shape index (κ3) is 8.93. The summed E-state index contributed by atoms with van der Waals surface area (Å²) in [5.41, 5.74) is 5.08. The van der Waals surface area contributed by atoms with Crippen LogP contribution in [0.15, 0.2) is 0 Å². The van der Waals surface area contributed by atoms with Gasteiger partial charge in [0, 0.05) is 12.2 Å². The summed E-state index contributed by atoms with van der Waals surface area (Å²) in [6, 6.07) is 0. The third-order valence-electron chi connectivity index (χ3n) is 0.116. The van der Waals surface area contributed by atoms with E-state index in [9.17, 15) is 5.21 Å². The Balaban J connectivity index is 0. The molecule has 0 spiro atoms. The maximum Gasteiger partial charge on any atom is 0.263 e. The minimum Gasteiger partial charge on any atom is -0.629 e. The third-order valence-corrected chi connectivity index (χ3v) is 0.212. The van der Waals surface area contributed by atoms with E-state index in [2.05, 4.69) is 18.0 Å². The average molecular weight is 129 g/mol. The highest BCUT2D eigenvalue weighted by Gasteiger charge is 1.69. The van der Waals surface area contributed by atoms with E-state index >= 15 is 0 Å². The van der Waals surface area contributed by atoms with Crippen molar-refractivity contribution >= 4 is 29.7 Å². The summed E-state index contributed by atoms with van der Waals surface area (Å²) < 4.78 is 0. The summed E-state index contributed by atoms with van der Waals surface area (Å²) in [5.74, 6) is 0. The number of hydroxylamine groups is 1. The Hall–Kier alpha value is 0.1000. The van der Waals surface area contributed by atoms with Crippen LogP contribution in [-0.2, 0) is 0 Å². The van der Waals surface area contributed by atoms with Crippen molar-refractivity contribution < 1.29 is 5.48 Å². The Bertz CT molecular complexity index is 48.8. The minimum atomic E-state index is -0.0926. The van der Waals surface area contributed by atoms with Crippen LogP contribution in [0.4, 0.5) is 0 Å². The summed E-state index contributed by atoms with van der Waals surface area (Å²) in [5, 5.41) is 9.15. The lowest BCUT2D eigenvalue weighted by Crippen LogP contribution is -2.83. The van der Waals surface area contributed by atoms with Crippen LogP contribution in [0.25, 0.3) is 0 Å². The second kappa shape index (κ2) is 5.10. The molecule has 0 amide bonds. The zero-order valence-corrected chi connectivity index (χ0v) is 4.51. The van der Waals surface area contributed by atoms with Crippen LogP contribution in [0, 0.1) is 5.21 Å². The van der Waals surface area contributed by atoms with Crippen molar-refractivity contribution in [2.24, 2.45) is 5.73 Å². The molecule has 3 nitrogen and oxygen atoms in total. The Morgan fingerprint density at radius 1 is 1.83 bits per heavy atom. The first kappa shape index (κ1) is 9.44. The van der Waals surface area contributed by atoms with Gasteiger partial charge < -0.3 is 16.4 Å². The summed E-state index contributed by atoms with van der Waals surface area (Å²) in [6.07, 6.45) is 0.